The second-order valence-corrected chi connectivity index (χ2v) is 9.26. The van der Waals surface area contributed by atoms with Crippen molar-refractivity contribution >= 4 is 23.2 Å². The van der Waals surface area contributed by atoms with E-state index in [4.69, 9.17) is 0 Å². The molecule has 166 valence electrons. The molecule has 7 heteroatoms. The number of piperidine rings is 1. The molecule has 31 heavy (non-hydrogen) atoms. The summed E-state index contributed by atoms with van der Waals surface area (Å²) in [5.74, 6) is 0.171. The first-order valence-electron chi connectivity index (χ1n) is 11.5. The Balaban J connectivity index is 1.50. The van der Waals surface area contributed by atoms with Crippen molar-refractivity contribution in [2.45, 2.75) is 70.4 Å². The van der Waals surface area contributed by atoms with E-state index >= 15 is 0 Å². The number of hydrogen-bond donors (Lipinski definition) is 2. The van der Waals surface area contributed by atoms with Crippen LogP contribution < -0.4 is 10.2 Å². The number of amides is 2. The van der Waals surface area contributed by atoms with Gasteiger partial charge in [0.15, 0.2) is 0 Å². The van der Waals surface area contributed by atoms with Gasteiger partial charge in [-0.1, -0.05) is 6.92 Å². The van der Waals surface area contributed by atoms with Crippen LogP contribution in [0, 0.1) is 16.7 Å². The Morgan fingerprint density at radius 1 is 1.26 bits per heavy atom. The minimum atomic E-state index is -0.379. The van der Waals surface area contributed by atoms with E-state index in [1.165, 1.54) is 0 Å². The first kappa shape index (κ1) is 21.6. The third kappa shape index (κ3) is 4.27. The third-order valence-electron chi connectivity index (χ3n) is 7.29. The van der Waals surface area contributed by atoms with Gasteiger partial charge in [0.25, 0.3) is 0 Å². The third-order valence-corrected chi connectivity index (χ3v) is 7.29. The van der Waals surface area contributed by atoms with E-state index in [-0.39, 0.29) is 29.4 Å². The zero-order valence-electron chi connectivity index (χ0n) is 18.3. The number of aliphatic hydroxyl groups is 1. The van der Waals surface area contributed by atoms with Gasteiger partial charge in [-0.2, -0.15) is 5.26 Å². The molecule has 7 nitrogen and oxygen atoms in total. The van der Waals surface area contributed by atoms with Crippen LogP contribution in [0.2, 0.25) is 0 Å². The highest BCUT2D eigenvalue weighted by Crippen LogP contribution is 2.44. The molecule has 2 aliphatic heterocycles. The summed E-state index contributed by atoms with van der Waals surface area (Å²) >= 11 is 0. The molecule has 1 spiro atoms. The summed E-state index contributed by atoms with van der Waals surface area (Å²) in [6.45, 7) is 4.03. The van der Waals surface area contributed by atoms with Crippen molar-refractivity contribution in [1.29, 1.82) is 5.26 Å². The van der Waals surface area contributed by atoms with Gasteiger partial charge in [-0.3, -0.25) is 9.59 Å². The quantitative estimate of drug-likeness (QED) is 0.774. The number of rotatable bonds is 4. The average molecular weight is 425 g/mol. The smallest absolute Gasteiger partial charge is 0.230 e. The van der Waals surface area contributed by atoms with Gasteiger partial charge in [0, 0.05) is 37.8 Å². The monoisotopic (exact) mass is 424 g/mol. The lowest BCUT2D eigenvalue weighted by atomic mass is 9.78. The molecule has 2 amide bonds. The first-order valence-corrected chi connectivity index (χ1v) is 11.5. The van der Waals surface area contributed by atoms with Crippen molar-refractivity contribution in [3.8, 4) is 6.07 Å². The van der Waals surface area contributed by atoms with Crippen LogP contribution in [0.5, 0.6) is 0 Å². The molecule has 1 saturated carbocycles. The molecule has 0 bridgehead atoms. The maximum atomic E-state index is 13.5. The molecular weight excluding hydrogens is 392 g/mol. The summed E-state index contributed by atoms with van der Waals surface area (Å²) in [6.07, 6.45) is 6.16. The summed E-state index contributed by atoms with van der Waals surface area (Å²) in [6, 6.07) is 7.97. The van der Waals surface area contributed by atoms with Crippen LogP contribution in [-0.4, -0.2) is 53.6 Å². The van der Waals surface area contributed by atoms with Crippen LogP contribution in [0.15, 0.2) is 18.2 Å². The van der Waals surface area contributed by atoms with Gasteiger partial charge in [0.2, 0.25) is 11.8 Å². The van der Waals surface area contributed by atoms with E-state index in [9.17, 15) is 20.0 Å². The summed E-state index contributed by atoms with van der Waals surface area (Å²) in [5.41, 5.74) is 1.61. The second-order valence-electron chi connectivity index (χ2n) is 9.26. The average Bonchev–Trinajstić information content (AvgIpc) is 3.09. The van der Waals surface area contributed by atoms with Crippen LogP contribution >= 0.6 is 0 Å². The van der Waals surface area contributed by atoms with E-state index in [1.807, 2.05) is 12.1 Å². The number of aliphatic hydroxyl groups excluding tert-OH is 1. The number of carbonyl (C=O) groups is 2. The normalized spacial score (nSPS) is 28.6. The van der Waals surface area contributed by atoms with Crippen molar-refractivity contribution in [1.82, 2.24) is 4.90 Å². The zero-order chi connectivity index (χ0) is 22.0. The molecule has 1 atom stereocenters. The van der Waals surface area contributed by atoms with Crippen LogP contribution in [-0.2, 0) is 9.59 Å². The summed E-state index contributed by atoms with van der Waals surface area (Å²) in [7, 11) is 0. The lowest BCUT2D eigenvalue weighted by Crippen LogP contribution is -2.50. The van der Waals surface area contributed by atoms with Crippen molar-refractivity contribution in [3.05, 3.63) is 23.8 Å². The van der Waals surface area contributed by atoms with Gasteiger partial charge in [-0.05, 0) is 63.1 Å². The van der Waals surface area contributed by atoms with Crippen molar-refractivity contribution < 1.29 is 14.7 Å². The van der Waals surface area contributed by atoms with Crippen LogP contribution in [0.4, 0.5) is 11.4 Å². The fourth-order valence-corrected chi connectivity index (χ4v) is 5.51. The molecule has 1 aromatic rings. The Morgan fingerprint density at radius 2 is 2.03 bits per heavy atom. The Hall–Kier alpha value is -2.59. The SMILES string of the molecule is CCC(=O)Nc1ccc(N2CCC[C@]3(CCN([C@H]4CC[C@H](O)CC4)C3=O)C2)c(C#N)c1. The summed E-state index contributed by atoms with van der Waals surface area (Å²) < 4.78 is 0. The predicted octanol–water partition coefficient (Wildman–Crippen LogP) is 3.03. The van der Waals surface area contributed by atoms with Gasteiger partial charge >= 0.3 is 0 Å². The number of benzene rings is 1. The van der Waals surface area contributed by atoms with Crippen LogP contribution in [0.3, 0.4) is 0 Å². The van der Waals surface area contributed by atoms with Gasteiger partial charge in [0.1, 0.15) is 6.07 Å². The predicted molar refractivity (Wildman–Crippen MR) is 119 cm³/mol. The number of anilines is 2. The lowest BCUT2D eigenvalue weighted by molar-refractivity contribution is -0.139. The maximum Gasteiger partial charge on any atom is 0.230 e. The Kier molecular flexibility index (Phi) is 6.19. The Labute approximate surface area is 184 Å². The van der Waals surface area contributed by atoms with E-state index in [1.54, 1.807) is 13.0 Å². The Morgan fingerprint density at radius 3 is 2.74 bits per heavy atom. The van der Waals surface area contributed by atoms with Crippen LogP contribution in [0.1, 0.15) is 63.9 Å². The minimum Gasteiger partial charge on any atom is -0.393 e. The van der Waals surface area contributed by atoms with Crippen molar-refractivity contribution in [2.75, 3.05) is 29.9 Å². The topological polar surface area (TPSA) is 96.7 Å². The summed E-state index contributed by atoms with van der Waals surface area (Å²) in [4.78, 5) is 29.5. The van der Waals surface area contributed by atoms with E-state index < -0.39 is 0 Å². The Bertz CT molecular complexity index is 887. The molecule has 2 saturated heterocycles. The van der Waals surface area contributed by atoms with Crippen molar-refractivity contribution in [3.63, 3.8) is 0 Å². The number of hydrogen-bond acceptors (Lipinski definition) is 5. The molecule has 1 aromatic carbocycles. The van der Waals surface area contributed by atoms with Crippen LogP contribution in [0.25, 0.3) is 0 Å². The van der Waals surface area contributed by atoms with E-state index in [2.05, 4.69) is 21.2 Å². The zero-order valence-corrected chi connectivity index (χ0v) is 18.3. The van der Waals surface area contributed by atoms with Gasteiger partial charge in [-0.25, -0.2) is 0 Å². The number of carbonyl (C=O) groups excluding carboxylic acids is 2. The maximum absolute atomic E-state index is 13.5. The number of nitrogens with zero attached hydrogens (tertiary/aromatic N) is 3. The standard InChI is InChI=1S/C24H32N4O3/c1-2-22(30)26-18-4-9-21(17(14-18)15-25)27-12-3-10-24(16-27)11-13-28(23(24)31)19-5-7-20(29)8-6-19/h4,9,14,19-20,29H,2-3,5-8,10-13,16H2,1H3,(H,26,30)/t19-,20-,24-/m0/s1. The molecular formula is C24H32N4O3. The molecule has 0 aromatic heterocycles. The minimum absolute atomic E-state index is 0.0829. The molecule has 1 aliphatic carbocycles. The highest BCUT2D eigenvalue weighted by atomic mass is 16.3. The van der Waals surface area contributed by atoms with E-state index in [0.29, 0.717) is 24.2 Å². The lowest BCUT2D eigenvalue weighted by Gasteiger charge is -2.41. The molecule has 2 heterocycles. The highest BCUT2D eigenvalue weighted by Gasteiger charge is 2.50. The van der Waals surface area contributed by atoms with Gasteiger partial charge < -0.3 is 20.2 Å². The fourth-order valence-electron chi connectivity index (χ4n) is 5.51. The fraction of sp³-hybridized carbons (Fsp3) is 0.625. The van der Waals surface area contributed by atoms with Crippen molar-refractivity contribution in [2.24, 2.45) is 5.41 Å². The highest BCUT2D eigenvalue weighted by molar-refractivity contribution is 5.91. The molecule has 4 rings (SSSR count). The molecule has 3 fully saturated rings. The summed E-state index contributed by atoms with van der Waals surface area (Å²) in [5, 5.41) is 22.3. The first-order chi connectivity index (χ1) is 15.0. The number of likely N-dealkylation sites (tertiary alicyclic amines) is 1. The molecule has 0 radical (unpaired) electrons. The number of nitrogens with one attached hydrogen (secondary N) is 1. The molecule has 3 aliphatic rings. The van der Waals surface area contributed by atoms with Gasteiger partial charge in [-0.15, -0.1) is 0 Å². The largest absolute Gasteiger partial charge is 0.393 e. The van der Waals surface area contributed by atoms with Gasteiger partial charge in [0.05, 0.1) is 22.8 Å². The molecule has 2 N–H and O–H groups in total. The molecule has 0 unspecified atom stereocenters. The number of nitriles is 1. The van der Waals surface area contributed by atoms with E-state index in [0.717, 1.165) is 63.7 Å². The second kappa shape index (κ2) is 8.88.